The third-order valence-electron chi connectivity index (χ3n) is 3.51. The van der Waals surface area contributed by atoms with Gasteiger partial charge in [0.2, 0.25) is 5.91 Å². The molecule has 24 heavy (non-hydrogen) atoms. The van der Waals surface area contributed by atoms with E-state index < -0.39 is 0 Å². The van der Waals surface area contributed by atoms with Crippen LogP contribution in [0.4, 0.5) is 5.69 Å². The molecule has 0 saturated heterocycles. The van der Waals surface area contributed by atoms with E-state index in [0.29, 0.717) is 5.56 Å². The zero-order valence-corrected chi connectivity index (χ0v) is 15.6. The number of amides is 2. The molecule has 2 rings (SSSR count). The van der Waals surface area contributed by atoms with E-state index in [0.717, 1.165) is 15.7 Å². The van der Waals surface area contributed by atoms with E-state index in [1.807, 2.05) is 30.3 Å². The Morgan fingerprint density at radius 3 is 2.42 bits per heavy atom. The van der Waals surface area contributed by atoms with Gasteiger partial charge in [-0.15, -0.1) is 0 Å². The molecule has 0 heterocycles. The summed E-state index contributed by atoms with van der Waals surface area (Å²) in [6.07, 6.45) is 0. The number of anilines is 1. The first-order valence-electron chi connectivity index (χ1n) is 7.70. The smallest absolute Gasteiger partial charge is 0.251 e. The van der Waals surface area contributed by atoms with Crippen LogP contribution in [-0.2, 0) is 10.2 Å². The predicted octanol–water partition coefficient (Wildman–Crippen LogP) is 4.12. The summed E-state index contributed by atoms with van der Waals surface area (Å²) in [6, 6.07) is 14.7. The van der Waals surface area contributed by atoms with Crippen LogP contribution in [-0.4, -0.2) is 18.4 Å². The Morgan fingerprint density at radius 1 is 1.04 bits per heavy atom. The van der Waals surface area contributed by atoms with Crippen molar-refractivity contribution in [2.45, 2.75) is 26.2 Å². The summed E-state index contributed by atoms with van der Waals surface area (Å²) >= 11 is 3.32. The van der Waals surface area contributed by atoms with Crippen molar-refractivity contribution in [3.63, 3.8) is 0 Å². The van der Waals surface area contributed by atoms with Gasteiger partial charge >= 0.3 is 0 Å². The maximum Gasteiger partial charge on any atom is 0.251 e. The number of rotatable bonds is 4. The maximum absolute atomic E-state index is 12.2. The number of para-hydroxylation sites is 1. The van der Waals surface area contributed by atoms with Crippen LogP contribution >= 0.6 is 15.9 Å². The van der Waals surface area contributed by atoms with Crippen molar-refractivity contribution >= 4 is 33.4 Å². The van der Waals surface area contributed by atoms with Crippen molar-refractivity contribution in [2.24, 2.45) is 0 Å². The molecular formula is C19H21BrN2O2. The fraction of sp³-hybridized carbons (Fsp3) is 0.263. The summed E-state index contributed by atoms with van der Waals surface area (Å²) in [5.74, 6) is -0.536. The zero-order chi connectivity index (χ0) is 17.7. The molecule has 0 aliphatic carbocycles. The van der Waals surface area contributed by atoms with Gasteiger partial charge in [0.25, 0.3) is 5.91 Å². The topological polar surface area (TPSA) is 58.2 Å². The van der Waals surface area contributed by atoms with Gasteiger partial charge in [-0.05, 0) is 35.2 Å². The highest BCUT2D eigenvalue weighted by atomic mass is 79.9. The Labute approximate surface area is 150 Å². The van der Waals surface area contributed by atoms with Crippen molar-refractivity contribution in [3.05, 3.63) is 64.1 Å². The van der Waals surface area contributed by atoms with Crippen molar-refractivity contribution in [1.82, 2.24) is 5.32 Å². The van der Waals surface area contributed by atoms with Crippen LogP contribution in [0, 0.1) is 0 Å². The molecule has 2 aromatic rings. The Kier molecular flexibility index (Phi) is 5.78. The molecule has 0 atom stereocenters. The number of carbonyl (C=O) groups is 2. The van der Waals surface area contributed by atoms with Crippen LogP contribution in [0.1, 0.15) is 36.7 Å². The van der Waals surface area contributed by atoms with Gasteiger partial charge in [-0.2, -0.15) is 0 Å². The van der Waals surface area contributed by atoms with Gasteiger partial charge in [-0.25, -0.2) is 0 Å². The fourth-order valence-corrected chi connectivity index (χ4v) is 2.73. The number of hydrogen-bond acceptors (Lipinski definition) is 2. The zero-order valence-electron chi connectivity index (χ0n) is 14.0. The van der Waals surface area contributed by atoms with E-state index in [4.69, 9.17) is 0 Å². The molecule has 2 aromatic carbocycles. The molecule has 126 valence electrons. The summed E-state index contributed by atoms with van der Waals surface area (Å²) in [5, 5.41) is 5.50. The van der Waals surface area contributed by atoms with Crippen LogP contribution in [0.3, 0.4) is 0 Å². The molecule has 0 bridgehead atoms. The van der Waals surface area contributed by atoms with E-state index in [1.165, 1.54) is 0 Å². The summed E-state index contributed by atoms with van der Waals surface area (Å²) in [5.41, 5.74) is 2.25. The monoisotopic (exact) mass is 388 g/mol. The second-order valence-corrected chi connectivity index (χ2v) is 7.45. The van der Waals surface area contributed by atoms with Gasteiger partial charge < -0.3 is 10.6 Å². The lowest BCUT2D eigenvalue weighted by Crippen LogP contribution is -2.33. The quantitative estimate of drug-likeness (QED) is 0.827. The molecule has 0 aliphatic heterocycles. The first-order chi connectivity index (χ1) is 11.3. The van der Waals surface area contributed by atoms with E-state index in [-0.39, 0.29) is 23.8 Å². The molecule has 0 radical (unpaired) electrons. The molecule has 0 unspecified atom stereocenters. The summed E-state index contributed by atoms with van der Waals surface area (Å²) < 4.78 is 0.818. The van der Waals surface area contributed by atoms with Crippen molar-refractivity contribution in [3.8, 4) is 0 Å². The van der Waals surface area contributed by atoms with E-state index in [2.05, 4.69) is 47.3 Å². The third-order valence-corrected chi connectivity index (χ3v) is 4.00. The molecule has 0 aliphatic rings. The molecule has 0 saturated carbocycles. The molecule has 0 aromatic heterocycles. The van der Waals surface area contributed by atoms with E-state index in [9.17, 15) is 9.59 Å². The fourth-order valence-electron chi connectivity index (χ4n) is 2.33. The lowest BCUT2D eigenvalue weighted by Gasteiger charge is -2.23. The van der Waals surface area contributed by atoms with Crippen molar-refractivity contribution in [2.75, 3.05) is 11.9 Å². The predicted molar refractivity (Wildman–Crippen MR) is 100 cm³/mol. The number of hydrogen-bond donors (Lipinski definition) is 2. The summed E-state index contributed by atoms with van der Waals surface area (Å²) in [6.45, 7) is 6.19. The van der Waals surface area contributed by atoms with Gasteiger partial charge in [-0.1, -0.05) is 61.0 Å². The molecule has 0 fully saturated rings. The standard InChI is InChI=1S/C19H21BrN2O2/c1-19(2,3)15-9-4-5-10-16(15)22-17(23)12-21-18(24)13-7-6-8-14(20)11-13/h4-11H,12H2,1-3H3,(H,21,24)(H,22,23). The highest BCUT2D eigenvalue weighted by Crippen LogP contribution is 2.29. The number of nitrogens with one attached hydrogen (secondary N) is 2. The molecule has 0 spiro atoms. The Balaban J connectivity index is 1.98. The van der Waals surface area contributed by atoms with Crippen LogP contribution in [0.2, 0.25) is 0 Å². The van der Waals surface area contributed by atoms with Gasteiger partial charge in [-0.3, -0.25) is 9.59 Å². The molecule has 4 nitrogen and oxygen atoms in total. The van der Waals surface area contributed by atoms with Gasteiger partial charge in [0, 0.05) is 15.7 Å². The average molecular weight is 389 g/mol. The minimum absolute atomic E-state index is 0.0795. The molecular weight excluding hydrogens is 368 g/mol. The van der Waals surface area contributed by atoms with E-state index in [1.54, 1.807) is 18.2 Å². The molecule has 2 N–H and O–H groups in total. The lowest BCUT2D eigenvalue weighted by atomic mass is 9.86. The summed E-state index contributed by atoms with van der Waals surface area (Å²) in [7, 11) is 0. The van der Waals surface area contributed by atoms with Crippen LogP contribution in [0.5, 0.6) is 0 Å². The van der Waals surface area contributed by atoms with Gasteiger partial charge in [0.05, 0.1) is 6.54 Å². The summed E-state index contributed by atoms with van der Waals surface area (Å²) in [4.78, 5) is 24.2. The number of halogens is 1. The van der Waals surface area contributed by atoms with E-state index >= 15 is 0 Å². The van der Waals surface area contributed by atoms with Gasteiger partial charge in [0.15, 0.2) is 0 Å². The Hall–Kier alpha value is -2.14. The van der Waals surface area contributed by atoms with Crippen LogP contribution < -0.4 is 10.6 Å². The highest BCUT2D eigenvalue weighted by molar-refractivity contribution is 9.10. The maximum atomic E-state index is 12.2. The normalized spacial score (nSPS) is 11.0. The van der Waals surface area contributed by atoms with Crippen LogP contribution in [0.15, 0.2) is 53.0 Å². The third kappa shape index (κ3) is 4.93. The number of benzene rings is 2. The SMILES string of the molecule is CC(C)(C)c1ccccc1NC(=O)CNC(=O)c1cccc(Br)c1. The van der Waals surface area contributed by atoms with Gasteiger partial charge in [0.1, 0.15) is 0 Å². The average Bonchev–Trinajstić information content (AvgIpc) is 2.52. The minimum atomic E-state index is -0.282. The Bertz CT molecular complexity index is 751. The molecule has 2 amide bonds. The number of carbonyl (C=O) groups excluding carboxylic acids is 2. The minimum Gasteiger partial charge on any atom is -0.343 e. The van der Waals surface area contributed by atoms with Crippen molar-refractivity contribution in [1.29, 1.82) is 0 Å². The van der Waals surface area contributed by atoms with Crippen LogP contribution in [0.25, 0.3) is 0 Å². The highest BCUT2D eigenvalue weighted by Gasteiger charge is 2.18. The van der Waals surface area contributed by atoms with Crippen molar-refractivity contribution < 1.29 is 9.59 Å². The largest absolute Gasteiger partial charge is 0.343 e. The Morgan fingerprint density at radius 2 is 1.75 bits per heavy atom. The second-order valence-electron chi connectivity index (χ2n) is 6.54. The second kappa shape index (κ2) is 7.62. The lowest BCUT2D eigenvalue weighted by molar-refractivity contribution is -0.115. The molecule has 5 heteroatoms. The first kappa shape index (κ1) is 18.2. The first-order valence-corrected chi connectivity index (χ1v) is 8.50.